The zero-order valence-corrected chi connectivity index (χ0v) is 8.12. The van der Waals surface area contributed by atoms with Gasteiger partial charge in [0.15, 0.2) is 0 Å². The Kier molecular flexibility index (Phi) is 14.3. The molecule has 0 aromatic heterocycles. The summed E-state index contributed by atoms with van der Waals surface area (Å²) in [6.07, 6.45) is 0. The molecule has 2 nitrogen and oxygen atoms in total. The van der Waals surface area contributed by atoms with Gasteiger partial charge in [0.2, 0.25) is 0 Å². The van der Waals surface area contributed by atoms with Gasteiger partial charge in [0.1, 0.15) is 0 Å². The van der Waals surface area contributed by atoms with Crippen LogP contribution in [0.5, 0.6) is 0 Å². The monoisotopic (exact) mass is 169 g/mol. The molecule has 0 radical (unpaired) electrons. The fraction of sp³-hybridized carbons (Fsp3) is 0.400. The van der Waals surface area contributed by atoms with Crippen LogP contribution in [0.15, 0.2) is 30.3 Å². The normalized spacial score (nSPS) is 7.00. The number of nitrogen functional groups attached to an aromatic ring is 1. The van der Waals surface area contributed by atoms with Gasteiger partial charge in [-0.15, -0.1) is 0 Å². The maximum Gasteiger partial charge on any atom is 0.0402 e. The predicted molar refractivity (Wildman–Crippen MR) is 55.0 cm³/mol. The number of benzene rings is 1. The molecule has 0 unspecified atom stereocenters. The van der Waals surface area contributed by atoms with Crippen molar-refractivity contribution in [2.24, 2.45) is 0 Å². The number of rotatable bonds is 0. The van der Waals surface area contributed by atoms with E-state index in [1.807, 2.05) is 44.2 Å². The van der Waals surface area contributed by atoms with E-state index in [9.17, 15) is 0 Å². The smallest absolute Gasteiger partial charge is 0.0402 e. The van der Waals surface area contributed by atoms with Crippen molar-refractivity contribution in [3.05, 3.63) is 30.3 Å². The fourth-order valence-corrected chi connectivity index (χ4v) is 0.453. The molecule has 0 aliphatic carbocycles. The first-order chi connectivity index (χ1) is 5.81. The standard InChI is InChI=1S/C6H7N.C2H6O.C2H6/c7-6-4-2-1-3-5-6;1-2-3;1-2/h1-5H,7H2;3H,2H2,1H3;1-2H3. The second-order valence-corrected chi connectivity index (χ2v) is 1.73. The van der Waals surface area contributed by atoms with Gasteiger partial charge in [0.05, 0.1) is 0 Å². The summed E-state index contributed by atoms with van der Waals surface area (Å²) >= 11 is 0. The molecule has 2 heteroatoms. The van der Waals surface area contributed by atoms with Crippen molar-refractivity contribution < 1.29 is 5.11 Å². The summed E-state index contributed by atoms with van der Waals surface area (Å²) in [6, 6.07) is 9.49. The lowest BCUT2D eigenvalue weighted by atomic mass is 10.3. The number of hydrogen-bond donors (Lipinski definition) is 2. The van der Waals surface area contributed by atoms with Gasteiger partial charge in [0, 0.05) is 12.3 Å². The molecule has 1 aromatic rings. The van der Waals surface area contributed by atoms with Crippen LogP contribution in [0, 0.1) is 0 Å². The van der Waals surface area contributed by atoms with Crippen molar-refractivity contribution in [1.82, 2.24) is 0 Å². The van der Waals surface area contributed by atoms with E-state index >= 15 is 0 Å². The number of hydrogen-bond acceptors (Lipinski definition) is 2. The van der Waals surface area contributed by atoms with E-state index < -0.39 is 0 Å². The molecule has 0 atom stereocenters. The Morgan fingerprint density at radius 3 is 1.67 bits per heavy atom. The highest BCUT2D eigenvalue weighted by Gasteiger charge is 1.72. The van der Waals surface area contributed by atoms with Crippen molar-refractivity contribution in [3.63, 3.8) is 0 Å². The summed E-state index contributed by atoms with van der Waals surface area (Å²) in [4.78, 5) is 0. The van der Waals surface area contributed by atoms with Crippen LogP contribution in [0.3, 0.4) is 0 Å². The van der Waals surface area contributed by atoms with Gasteiger partial charge in [-0.25, -0.2) is 0 Å². The van der Waals surface area contributed by atoms with E-state index in [-0.39, 0.29) is 6.61 Å². The van der Waals surface area contributed by atoms with Gasteiger partial charge in [-0.1, -0.05) is 32.0 Å². The maximum atomic E-state index is 7.57. The number of aliphatic hydroxyl groups is 1. The maximum absolute atomic E-state index is 7.57. The summed E-state index contributed by atoms with van der Waals surface area (Å²) in [7, 11) is 0. The lowest BCUT2D eigenvalue weighted by molar-refractivity contribution is 0.318. The summed E-state index contributed by atoms with van der Waals surface area (Å²) in [5, 5.41) is 7.57. The van der Waals surface area contributed by atoms with E-state index in [0.29, 0.717) is 0 Å². The Hall–Kier alpha value is -1.02. The van der Waals surface area contributed by atoms with Crippen LogP contribution in [-0.4, -0.2) is 11.7 Å². The molecule has 3 N–H and O–H groups in total. The first-order valence-electron chi connectivity index (χ1n) is 4.22. The second kappa shape index (κ2) is 12.6. The largest absolute Gasteiger partial charge is 0.399 e. The van der Waals surface area contributed by atoms with Crippen molar-refractivity contribution in [2.45, 2.75) is 20.8 Å². The van der Waals surface area contributed by atoms with Gasteiger partial charge >= 0.3 is 0 Å². The molecule has 1 aromatic carbocycles. The highest BCUT2D eigenvalue weighted by atomic mass is 16.2. The third-order valence-electron chi connectivity index (χ3n) is 0.800. The molecule has 0 fully saturated rings. The molecule has 0 bridgehead atoms. The van der Waals surface area contributed by atoms with Gasteiger partial charge in [0.25, 0.3) is 0 Å². The molecule has 0 saturated heterocycles. The molecule has 0 saturated carbocycles. The van der Waals surface area contributed by atoms with Crippen molar-refractivity contribution in [3.8, 4) is 0 Å². The average molecular weight is 169 g/mol. The topological polar surface area (TPSA) is 46.2 Å². The quantitative estimate of drug-likeness (QED) is 0.585. The highest BCUT2D eigenvalue weighted by Crippen LogP contribution is 1.95. The Morgan fingerprint density at radius 1 is 1.17 bits per heavy atom. The van der Waals surface area contributed by atoms with Crippen LogP contribution >= 0.6 is 0 Å². The SMILES string of the molecule is CC.CCO.Nc1ccccc1. The first kappa shape index (κ1) is 13.6. The average Bonchev–Trinajstić information content (AvgIpc) is 2.11. The minimum atomic E-state index is 0.250. The Balaban J connectivity index is 0. The molecule has 0 aliphatic rings. The van der Waals surface area contributed by atoms with E-state index in [2.05, 4.69) is 0 Å². The Morgan fingerprint density at radius 2 is 1.50 bits per heavy atom. The minimum absolute atomic E-state index is 0.250. The molecular weight excluding hydrogens is 150 g/mol. The molecular formula is C10H19NO. The van der Waals surface area contributed by atoms with Crippen LogP contribution in [0.1, 0.15) is 20.8 Å². The summed E-state index contributed by atoms with van der Waals surface area (Å²) in [6.45, 7) is 5.93. The van der Waals surface area contributed by atoms with Gasteiger partial charge in [-0.3, -0.25) is 0 Å². The van der Waals surface area contributed by atoms with E-state index in [4.69, 9.17) is 10.8 Å². The summed E-state index contributed by atoms with van der Waals surface area (Å²) < 4.78 is 0. The summed E-state index contributed by atoms with van der Waals surface area (Å²) in [5.74, 6) is 0. The van der Waals surface area contributed by atoms with E-state index in [0.717, 1.165) is 5.69 Å². The van der Waals surface area contributed by atoms with E-state index in [1.54, 1.807) is 6.92 Å². The molecule has 0 spiro atoms. The summed E-state index contributed by atoms with van der Waals surface area (Å²) in [5.41, 5.74) is 6.18. The van der Waals surface area contributed by atoms with Crippen LogP contribution in [0.2, 0.25) is 0 Å². The third-order valence-corrected chi connectivity index (χ3v) is 0.800. The molecule has 70 valence electrons. The van der Waals surface area contributed by atoms with Gasteiger partial charge < -0.3 is 10.8 Å². The number of nitrogens with two attached hydrogens (primary N) is 1. The third kappa shape index (κ3) is 11.7. The van der Waals surface area contributed by atoms with Crippen molar-refractivity contribution in [2.75, 3.05) is 12.3 Å². The van der Waals surface area contributed by atoms with Crippen molar-refractivity contribution in [1.29, 1.82) is 0 Å². The molecule has 0 heterocycles. The Labute approximate surface area is 75.0 Å². The zero-order chi connectivity index (χ0) is 9.82. The zero-order valence-electron chi connectivity index (χ0n) is 8.12. The number of aliphatic hydroxyl groups excluding tert-OH is 1. The first-order valence-corrected chi connectivity index (χ1v) is 4.22. The van der Waals surface area contributed by atoms with Gasteiger partial charge in [-0.05, 0) is 19.1 Å². The van der Waals surface area contributed by atoms with Gasteiger partial charge in [-0.2, -0.15) is 0 Å². The number of anilines is 1. The van der Waals surface area contributed by atoms with Crippen LogP contribution in [-0.2, 0) is 0 Å². The van der Waals surface area contributed by atoms with Crippen molar-refractivity contribution >= 4 is 5.69 Å². The van der Waals surface area contributed by atoms with Crippen LogP contribution in [0.4, 0.5) is 5.69 Å². The van der Waals surface area contributed by atoms with E-state index in [1.165, 1.54) is 0 Å². The second-order valence-electron chi connectivity index (χ2n) is 1.73. The molecule has 12 heavy (non-hydrogen) atoms. The fourth-order valence-electron chi connectivity index (χ4n) is 0.453. The Bertz CT molecular complexity index is 151. The molecule has 1 rings (SSSR count). The highest BCUT2D eigenvalue weighted by molar-refractivity contribution is 5.35. The molecule has 0 aliphatic heterocycles. The lowest BCUT2D eigenvalue weighted by Gasteiger charge is -1.83. The lowest BCUT2D eigenvalue weighted by Crippen LogP contribution is -1.79. The molecule has 0 amide bonds. The van der Waals surface area contributed by atoms with Crippen LogP contribution in [0.25, 0.3) is 0 Å². The van der Waals surface area contributed by atoms with Crippen LogP contribution < -0.4 is 5.73 Å². The predicted octanol–water partition coefficient (Wildman–Crippen LogP) is 2.29. The number of para-hydroxylation sites is 1. The minimum Gasteiger partial charge on any atom is -0.399 e.